The molecule has 0 atom stereocenters. The molecule has 0 spiro atoms. The number of para-hydroxylation sites is 1. The Morgan fingerprint density at radius 1 is 1.21 bits per heavy atom. The lowest BCUT2D eigenvalue weighted by atomic mass is 10.1. The molecule has 0 aromatic heterocycles. The zero-order valence-electron chi connectivity index (χ0n) is 14.3. The SMILES string of the molecule is Cc1ccc(C)c(NC(=O)CN(C)CCOc2ccccc2F)c1. The van der Waals surface area contributed by atoms with Gasteiger partial charge in [0.25, 0.3) is 0 Å². The fourth-order valence-corrected chi connectivity index (χ4v) is 2.26. The van der Waals surface area contributed by atoms with Crippen LogP contribution in [0.25, 0.3) is 0 Å². The number of hydrogen-bond donors (Lipinski definition) is 1. The van der Waals surface area contributed by atoms with Crippen LogP contribution in [-0.2, 0) is 4.79 Å². The molecule has 1 amide bonds. The number of benzene rings is 2. The molecule has 0 bridgehead atoms. The molecule has 2 aromatic rings. The van der Waals surface area contributed by atoms with Crippen LogP contribution in [0.15, 0.2) is 42.5 Å². The smallest absolute Gasteiger partial charge is 0.238 e. The molecule has 0 heterocycles. The monoisotopic (exact) mass is 330 g/mol. The van der Waals surface area contributed by atoms with Crippen LogP contribution < -0.4 is 10.1 Å². The topological polar surface area (TPSA) is 41.6 Å². The summed E-state index contributed by atoms with van der Waals surface area (Å²) in [6, 6.07) is 12.2. The molecule has 24 heavy (non-hydrogen) atoms. The first kappa shape index (κ1) is 17.9. The molecular weight excluding hydrogens is 307 g/mol. The number of nitrogens with zero attached hydrogens (tertiary/aromatic N) is 1. The van der Waals surface area contributed by atoms with Gasteiger partial charge in [0.15, 0.2) is 11.6 Å². The predicted molar refractivity (Wildman–Crippen MR) is 93.9 cm³/mol. The molecule has 0 aliphatic heterocycles. The Hall–Kier alpha value is -2.40. The van der Waals surface area contributed by atoms with E-state index in [-0.39, 0.29) is 24.0 Å². The number of nitrogens with one attached hydrogen (secondary N) is 1. The van der Waals surface area contributed by atoms with E-state index >= 15 is 0 Å². The van der Waals surface area contributed by atoms with Crippen LogP contribution in [0.2, 0.25) is 0 Å². The Labute approximate surface area is 142 Å². The Balaban J connectivity index is 1.77. The highest BCUT2D eigenvalue weighted by molar-refractivity contribution is 5.93. The normalized spacial score (nSPS) is 10.7. The molecule has 1 N–H and O–H groups in total. The maximum atomic E-state index is 13.4. The first-order chi connectivity index (χ1) is 11.5. The molecule has 2 aromatic carbocycles. The molecule has 5 heteroatoms. The lowest BCUT2D eigenvalue weighted by molar-refractivity contribution is -0.117. The number of amides is 1. The number of carbonyl (C=O) groups is 1. The van der Waals surface area contributed by atoms with Crippen molar-refractivity contribution in [1.29, 1.82) is 0 Å². The van der Waals surface area contributed by atoms with Crippen LogP contribution in [0.1, 0.15) is 11.1 Å². The van der Waals surface area contributed by atoms with Gasteiger partial charge in [-0.05, 0) is 50.2 Å². The molecule has 0 saturated heterocycles. The standard InChI is InChI=1S/C19H23FN2O2/c1-14-8-9-15(2)17(12-14)21-19(23)13-22(3)10-11-24-18-7-5-4-6-16(18)20/h4-9,12H,10-11,13H2,1-3H3,(H,21,23). The number of rotatable bonds is 7. The summed E-state index contributed by atoms with van der Waals surface area (Å²) in [5.74, 6) is -0.240. The van der Waals surface area contributed by atoms with Gasteiger partial charge in [-0.1, -0.05) is 24.3 Å². The van der Waals surface area contributed by atoms with Crippen LogP contribution in [-0.4, -0.2) is 37.6 Å². The van der Waals surface area contributed by atoms with Crippen molar-refractivity contribution >= 4 is 11.6 Å². The summed E-state index contributed by atoms with van der Waals surface area (Å²) in [5, 5.41) is 2.92. The maximum Gasteiger partial charge on any atom is 0.238 e. The lowest BCUT2D eigenvalue weighted by Crippen LogP contribution is -2.33. The number of anilines is 1. The van der Waals surface area contributed by atoms with E-state index in [4.69, 9.17) is 4.74 Å². The second-order valence-electron chi connectivity index (χ2n) is 5.88. The summed E-state index contributed by atoms with van der Waals surface area (Å²) < 4.78 is 18.8. The van der Waals surface area contributed by atoms with Crippen molar-refractivity contribution in [2.45, 2.75) is 13.8 Å². The second-order valence-corrected chi connectivity index (χ2v) is 5.88. The summed E-state index contributed by atoms with van der Waals surface area (Å²) in [5.41, 5.74) is 2.96. The molecule has 0 unspecified atom stereocenters. The minimum Gasteiger partial charge on any atom is -0.489 e. The summed E-state index contributed by atoms with van der Waals surface area (Å²) in [6.07, 6.45) is 0. The van der Waals surface area contributed by atoms with Gasteiger partial charge in [0.1, 0.15) is 6.61 Å². The third kappa shape index (κ3) is 5.35. The van der Waals surface area contributed by atoms with Gasteiger partial charge in [-0.15, -0.1) is 0 Å². The third-order valence-electron chi connectivity index (χ3n) is 3.65. The molecule has 0 aliphatic rings. The maximum absolute atomic E-state index is 13.4. The molecule has 2 rings (SSSR count). The molecule has 4 nitrogen and oxygen atoms in total. The van der Waals surface area contributed by atoms with Gasteiger partial charge in [0.05, 0.1) is 6.54 Å². The molecule has 0 fully saturated rings. The highest BCUT2D eigenvalue weighted by Crippen LogP contribution is 2.16. The molecular formula is C19H23FN2O2. The van der Waals surface area contributed by atoms with Crippen molar-refractivity contribution in [3.63, 3.8) is 0 Å². The van der Waals surface area contributed by atoms with Gasteiger partial charge in [-0.3, -0.25) is 9.69 Å². The van der Waals surface area contributed by atoms with E-state index in [9.17, 15) is 9.18 Å². The number of carbonyl (C=O) groups excluding carboxylic acids is 1. The highest BCUT2D eigenvalue weighted by atomic mass is 19.1. The van der Waals surface area contributed by atoms with E-state index < -0.39 is 0 Å². The van der Waals surface area contributed by atoms with E-state index in [1.165, 1.54) is 6.07 Å². The predicted octanol–water partition coefficient (Wildman–Crippen LogP) is 3.39. The van der Waals surface area contributed by atoms with Gasteiger partial charge in [-0.25, -0.2) is 4.39 Å². The van der Waals surface area contributed by atoms with E-state index in [1.807, 2.05) is 44.0 Å². The molecule has 0 saturated carbocycles. The average molecular weight is 330 g/mol. The Morgan fingerprint density at radius 3 is 2.71 bits per heavy atom. The lowest BCUT2D eigenvalue weighted by Gasteiger charge is -2.17. The van der Waals surface area contributed by atoms with Gasteiger partial charge >= 0.3 is 0 Å². The summed E-state index contributed by atoms with van der Waals surface area (Å²) in [6.45, 7) is 5.03. The van der Waals surface area contributed by atoms with Crippen molar-refractivity contribution in [1.82, 2.24) is 4.90 Å². The second kappa shape index (κ2) is 8.45. The van der Waals surface area contributed by atoms with Crippen molar-refractivity contribution < 1.29 is 13.9 Å². The average Bonchev–Trinajstić information content (AvgIpc) is 2.52. The van der Waals surface area contributed by atoms with E-state index in [0.29, 0.717) is 13.2 Å². The van der Waals surface area contributed by atoms with Gasteiger partial charge in [0, 0.05) is 12.2 Å². The molecule has 128 valence electrons. The summed E-state index contributed by atoms with van der Waals surface area (Å²) in [4.78, 5) is 14.0. The van der Waals surface area contributed by atoms with E-state index in [0.717, 1.165) is 16.8 Å². The highest BCUT2D eigenvalue weighted by Gasteiger charge is 2.09. The van der Waals surface area contributed by atoms with E-state index in [2.05, 4.69) is 5.32 Å². The van der Waals surface area contributed by atoms with Crippen LogP contribution in [0.4, 0.5) is 10.1 Å². The minimum absolute atomic E-state index is 0.0860. The van der Waals surface area contributed by atoms with Crippen LogP contribution >= 0.6 is 0 Å². The van der Waals surface area contributed by atoms with Crippen LogP contribution in [0.5, 0.6) is 5.75 Å². The first-order valence-electron chi connectivity index (χ1n) is 7.88. The minimum atomic E-state index is -0.382. The van der Waals surface area contributed by atoms with Crippen molar-refractivity contribution in [2.24, 2.45) is 0 Å². The number of hydrogen-bond acceptors (Lipinski definition) is 3. The number of likely N-dealkylation sites (N-methyl/N-ethyl adjacent to an activating group) is 1. The largest absolute Gasteiger partial charge is 0.489 e. The quantitative estimate of drug-likeness (QED) is 0.846. The van der Waals surface area contributed by atoms with E-state index in [1.54, 1.807) is 18.2 Å². The van der Waals surface area contributed by atoms with Crippen LogP contribution in [0, 0.1) is 19.7 Å². The zero-order valence-corrected chi connectivity index (χ0v) is 14.3. The fourth-order valence-electron chi connectivity index (χ4n) is 2.26. The zero-order chi connectivity index (χ0) is 17.5. The summed E-state index contributed by atoms with van der Waals surface area (Å²) in [7, 11) is 1.83. The number of ether oxygens (including phenoxy) is 1. The summed E-state index contributed by atoms with van der Waals surface area (Å²) >= 11 is 0. The van der Waals surface area contributed by atoms with Crippen LogP contribution in [0.3, 0.4) is 0 Å². The third-order valence-corrected chi connectivity index (χ3v) is 3.65. The number of halogens is 1. The van der Waals surface area contributed by atoms with Gasteiger partial charge < -0.3 is 10.1 Å². The fraction of sp³-hybridized carbons (Fsp3) is 0.316. The Morgan fingerprint density at radius 2 is 1.96 bits per heavy atom. The van der Waals surface area contributed by atoms with Crippen molar-refractivity contribution in [2.75, 3.05) is 32.1 Å². The molecule has 0 aliphatic carbocycles. The van der Waals surface area contributed by atoms with Gasteiger partial charge in [-0.2, -0.15) is 0 Å². The van der Waals surface area contributed by atoms with Crippen molar-refractivity contribution in [3.05, 3.63) is 59.4 Å². The van der Waals surface area contributed by atoms with Gasteiger partial charge in [0.2, 0.25) is 5.91 Å². The number of aryl methyl sites for hydroxylation is 2. The van der Waals surface area contributed by atoms with Crippen molar-refractivity contribution in [3.8, 4) is 5.75 Å². The Kier molecular flexibility index (Phi) is 6.32. The Bertz CT molecular complexity index is 704. The molecule has 0 radical (unpaired) electrons. The first-order valence-corrected chi connectivity index (χ1v) is 7.88.